The van der Waals surface area contributed by atoms with Crippen LogP contribution in [0.5, 0.6) is 0 Å². The van der Waals surface area contributed by atoms with E-state index >= 15 is 0 Å². The molecule has 1 aliphatic heterocycles. The van der Waals surface area contributed by atoms with Crippen molar-refractivity contribution in [1.29, 1.82) is 0 Å². The average Bonchev–Trinajstić information content (AvgIpc) is 3.21. The summed E-state index contributed by atoms with van der Waals surface area (Å²) in [5.41, 5.74) is 0.115. The highest BCUT2D eigenvalue weighted by molar-refractivity contribution is 5.92. The number of ether oxygens (including phenoxy) is 1. The van der Waals surface area contributed by atoms with Crippen molar-refractivity contribution < 1.29 is 13.9 Å². The fourth-order valence-electron chi connectivity index (χ4n) is 2.93. The molecule has 1 aromatic rings. The topological polar surface area (TPSA) is 41.6 Å². The SMILES string of the molecule is CCOCCCN1C(=O)C2(CC2)NC1c1ccccc1F. The van der Waals surface area contributed by atoms with Crippen LogP contribution < -0.4 is 5.32 Å². The molecular formula is C16H21FN2O2. The number of carbonyl (C=O) groups excluding carboxylic acids is 1. The lowest BCUT2D eigenvalue weighted by Crippen LogP contribution is -2.33. The van der Waals surface area contributed by atoms with E-state index in [0.717, 1.165) is 19.3 Å². The molecule has 4 nitrogen and oxygen atoms in total. The van der Waals surface area contributed by atoms with E-state index in [-0.39, 0.29) is 17.9 Å². The first-order chi connectivity index (χ1) is 10.2. The Hall–Kier alpha value is -1.46. The van der Waals surface area contributed by atoms with Gasteiger partial charge in [-0.05, 0) is 32.3 Å². The summed E-state index contributed by atoms with van der Waals surface area (Å²) in [5, 5.41) is 3.33. The first kappa shape index (κ1) is 14.5. The van der Waals surface area contributed by atoms with E-state index in [1.165, 1.54) is 6.07 Å². The number of carbonyl (C=O) groups is 1. The van der Waals surface area contributed by atoms with Crippen LogP contribution in [-0.4, -0.2) is 36.1 Å². The monoisotopic (exact) mass is 292 g/mol. The largest absolute Gasteiger partial charge is 0.382 e. The van der Waals surface area contributed by atoms with Crippen molar-refractivity contribution in [3.63, 3.8) is 0 Å². The van der Waals surface area contributed by atoms with Gasteiger partial charge in [-0.1, -0.05) is 18.2 Å². The van der Waals surface area contributed by atoms with Gasteiger partial charge in [-0.25, -0.2) is 4.39 Å². The van der Waals surface area contributed by atoms with E-state index in [4.69, 9.17) is 4.74 Å². The van der Waals surface area contributed by atoms with Crippen molar-refractivity contribution in [2.45, 2.75) is 37.9 Å². The van der Waals surface area contributed by atoms with Gasteiger partial charge in [0, 0.05) is 25.3 Å². The lowest BCUT2D eigenvalue weighted by Gasteiger charge is -2.24. The molecule has 1 spiro atoms. The maximum absolute atomic E-state index is 14.1. The Labute approximate surface area is 124 Å². The summed E-state index contributed by atoms with van der Waals surface area (Å²) in [6, 6.07) is 6.66. The highest BCUT2D eigenvalue weighted by Crippen LogP contribution is 2.46. The van der Waals surface area contributed by atoms with Crippen molar-refractivity contribution in [2.75, 3.05) is 19.8 Å². The predicted molar refractivity (Wildman–Crippen MR) is 77.1 cm³/mol. The van der Waals surface area contributed by atoms with Crippen LogP contribution in [0.15, 0.2) is 24.3 Å². The van der Waals surface area contributed by atoms with Gasteiger partial charge in [-0.2, -0.15) is 0 Å². The van der Waals surface area contributed by atoms with Crippen LogP contribution >= 0.6 is 0 Å². The molecular weight excluding hydrogens is 271 g/mol. The van der Waals surface area contributed by atoms with Crippen molar-refractivity contribution in [1.82, 2.24) is 10.2 Å². The van der Waals surface area contributed by atoms with Crippen LogP contribution in [0.25, 0.3) is 0 Å². The summed E-state index contributed by atoms with van der Waals surface area (Å²) in [4.78, 5) is 14.3. The van der Waals surface area contributed by atoms with Crippen molar-refractivity contribution in [3.8, 4) is 0 Å². The maximum Gasteiger partial charge on any atom is 0.244 e. The number of rotatable bonds is 6. The van der Waals surface area contributed by atoms with E-state index in [1.807, 2.05) is 6.92 Å². The predicted octanol–water partition coefficient (Wildman–Crippen LogP) is 2.22. The minimum Gasteiger partial charge on any atom is -0.382 e. The van der Waals surface area contributed by atoms with Gasteiger partial charge in [0.2, 0.25) is 5.91 Å². The number of halogens is 1. The minimum atomic E-state index is -0.432. The zero-order valence-corrected chi connectivity index (χ0v) is 12.3. The summed E-state index contributed by atoms with van der Waals surface area (Å²) < 4.78 is 19.4. The third-order valence-corrected chi connectivity index (χ3v) is 4.24. The average molecular weight is 292 g/mol. The van der Waals surface area contributed by atoms with Crippen LogP contribution in [0.1, 0.15) is 37.9 Å². The first-order valence-corrected chi connectivity index (χ1v) is 7.59. The molecule has 0 bridgehead atoms. The van der Waals surface area contributed by atoms with E-state index < -0.39 is 5.54 Å². The number of nitrogens with one attached hydrogen (secondary N) is 1. The maximum atomic E-state index is 14.1. The van der Waals surface area contributed by atoms with Gasteiger partial charge in [0.15, 0.2) is 0 Å². The lowest BCUT2D eigenvalue weighted by molar-refractivity contribution is -0.131. The molecule has 1 unspecified atom stereocenters. The third kappa shape index (κ3) is 2.68. The highest BCUT2D eigenvalue weighted by atomic mass is 19.1. The van der Waals surface area contributed by atoms with Gasteiger partial charge in [0.1, 0.15) is 17.5 Å². The Bertz CT molecular complexity index is 531. The molecule has 0 radical (unpaired) electrons. The summed E-state index contributed by atoms with van der Waals surface area (Å²) in [7, 11) is 0. The summed E-state index contributed by atoms with van der Waals surface area (Å²) in [6.07, 6.45) is 2.10. The van der Waals surface area contributed by atoms with E-state index in [2.05, 4.69) is 5.32 Å². The smallest absolute Gasteiger partial charge is 0.244 e. The Morgan fingerprint density at radius 2 is 2.19 bits per heavy atom. The second kappa shape index (κ2) is 5.73. The fourth-order valence-corrected chi connectivity index (χ4v) is 2.93. The molecule has 2 fully saturated rings. The lowest BCUT2D eigenvalue weighted by atomic mass is 10.1. The molecule has 1 heterocycles. The van der Waals surface area contributed by atoms with Gasteiger partial charge >= 0.3 is 0 Å². The number of hydrogen-bond acceptors (Lipinski definition) is 3. The second-order valence-electron chi connectivity index (χ2n) is 5.70. The highest BCUT2D eigenvalue weighted by Gasteiger charge is 2.59. The molecule has 1 amide bonds. The molecule has 1 saturated carbocycles. The van der Waals surface area contributed by atoms with Crippen LogP contribution in [0.4, 0.5) is 4.39 Å². The number of nitrogens with zero attached hydrogens (tertiary/aromatic N) is 1. The van der Waals surface area contributed by atoms with E-state index in [0.29, 0.717) is 25.3 Å². The molecule has 1 N–H and O–H groups in total. The Morgan fingerprint density at radius 1 is 1.43 bits per heavy atom. The zero-order valence-electron chi connectivity index (χ0n) is 12.3. The van der Waals surface area contributed by atoms with Gasteiger partial charge in [0.05, 0.1) is 0 Å². The molecule has 21 heavy (non-hydrogen) atoms. The van der Waals surface area contributed by atoms with Crippen molar-refractivity contribution >= 4 is 5.91 Å². The van der Waals surface area contributed by atoms with Crippen molar-refractivity contribution in [2.24, 2.45) is 0 Å². The first-order valence-electron chi connectivity index (χ1n) is 7.59. The van der Waals surface area contributed by atoms with Crippen LogP contribution in [0.3, 0.4) is 0 Å². The van der Waals surface area contributed by atoms with Crippen LogP contribution in [-0.2, 0) is 9.53 Å². The second-order valence-corrected chi connectivity index (χ2v) is 5.70. The standard InChI is InChI=1S/C16H21FN2O2/c1-2-21-11-5-10-19-14(12-6-3-4-7-13(12)17)18-16(8-9-16)15(19)20/h3-4,6-7,14,18H,2,5,8-11H2,1H3. The van der Waals surface area contributed by atoms with Gasteiger partial charge in [-0.15, -0.1) is 0 Å². The number of hydrogen-bond donors (Lipinski definition) is 1. The number of amides is 1. The molecule has 1 atom stereocenters. The number of benzene rings is 1. The van der Waals surface area contributed by atoms with Crippen LogP contribution in [0.2, 0.25) is 0 Å². The molecule has 2 aliphatic rings. The zero-order chi connectivity index (χ0) is 14.9. The third-order valence-electron chi connectivity index (χ3n) is 4.24. The summed E-state index contributed by atoms with van der Waals surface area (Å²) in [6.45, 7) is 3.83. The molecule has 1 aromatic carbocycles. The van der Waals surface area contributed by atoms with E-state index in [1.54, 1.807) is 23.1 Å². The normalized spacial score (nSPS) is 23.0. The van der Waals surface area contributed by atoms with Gasteiger partial charge in [-0.3, -0.25) is 10.1 Å². The van der Waals surface area contributed by atoms with E-state index in [9.17, 15) is 9.18 Å². The molecule has 0 aromatic heterocycles. The summed E-state index contributed by atoms with van der Waals surface area (Å²) >= 11 is 0. The minimum absolute atomic E-state index is 0.104. The Morgan fingerprint density at radius 3 is 2.86 bits per heavy atom. The Kier molecular flexibility index (Phi) is 3.95. The van der Waals surface area contributed by atoms with Crippen molar-refractivity contribution in [3.05, 3.63) is 35.6 Å². The molecule has 3 rings (SSSR count). The molecule has 1 aliphatic carbocycles. The van der Waals surface area contributed by atoms with Crippen LogP contribution in [0, 0.1) is 5.82 Å². The quantitative estimate of drug-likeness (QED) is 0.817. The molecule has 1 saturated heterocycles. The molecule has 114 valence electrons. The van der Waals surface area contributed by atoms with Gasteiger partial charge < -0.3 is 9.64 Å². The van der Waals surface area contributed by atoms with Gasteiger partial charge in [0.25, 0.3) is 0 Å². The molecule has 5 heteroatoms. The fraction of sp³-hybridized carbons (Fsp3) is 0.562. The summed E-state index contributed by atoms with van der Waals surface area (Å²) in [5.74, 6) is -0.164. The Balaban J connectivity index is 1.77.